The number of sulfonamides is 1. The second kappa shape index (κ2) is 16.3. The highest BCUT2D eigenvalue weighted by molar-refractivity contribution is 7.92. The fourth-order valence-electron chi connectivity index (χ4n) is 6.46. The Hall–Kier alpha value is -4.43. The third-order valence-corrected chi connectivity index (χ3v) is 11.3. The Labute approximate surface area is 292 Å². The fourth-order valence-corrected chi connectivity index (χ4v) is 7.88. The van der Waals surface area contributed by atoms with Gasteiger partial charge in [-0.2, -0.15) is 0 Å². The van der Waals surface area contributed by atoms with Crippen LogP contribution in [0.25, 0.3) is 0 Å². The Balaban J connectivity index is 1.57. The maximum atomic E-state index is 14.8. The van der Waals surface area contributed by atoms with Crippen LogP contribution in [0.15, 0.2) is 108 Å². The van der Waals surface area contributed by atoms with Gasteiger partial charge in [-0.1, -0.05) is 118 Å². The van der Waals surface area contributed by atoms with Crippen molar-refractivity contribution < 1.29 is 18.0 Å². The van der Waals surface area contributed by atoms with Gasteiger partial charge in [0.05, 0.1) is 10.6 Å². The van der Waals surface area contributed by atoms with Gasteiger partial charge in [0.1, 0.15) is 12.6 Å². The van der Waals surface area contributed by atoms with Gasteiger partial charge < -0.3 is 10.2 Å². The molecule has 0 aromatic heterocycles. The van der Waals surface area contributed by atoms with E-state index in [9.17, 15) is 18.0 Å². The number of hydrogen-bond donors (Lipinski definition) is 1. The van der Waals surface area contributed by atoms with E-state index in [2.05, 4.69) is 19.2 Å². The van der Waals surface area contributed by atoms with Crippen molar-refractivity contribution in [2.45, 2.75) is 95.7 Å². The smallest absolute Gasteiger partial charge is 0.264 e. The van der Waals surface area contributed by atoms with Crippen LogP contribution in [-0.4, -0.2) is 43.8 Å². The molecule has 0 spiro atoms. The molecule has 1 aliphatic rings. The summed E-state index contributed by atoms with van der Waals surface area (Å²) in [4.78, 5) is 30.8. The molecule has 1 atom stereocenters. The third kappa shape index (κ3) is 9.18. The van der Waals surface area contributed by atoms with Crippen LogP contribution in [0, 0.1) is 13.8 Å². The number of rotatable bonds is 13. The van der Waals surface area contributed by atoms with Gasteiger partial charge in [0, 0.05) is 19.0 Å². The van der Waals surface area contributed by atoms with Crippen LogP contribution < -0.4 is 9.62 Å². The molecule has 0 saturated heterocycles. The molecule has 4 aromatic rings. The summed E-state index contributed by atoms with van der Waals surface area (Å²) >= 11 is 0. The van der Waals surface area contributed by atoms with Gasteiger partial charge in [-0.05, 0) is 79.1 Å². The first-order valence-electron chi connectivity index (χ1n) is 17.4. The fraction of sp³-hybridized carbons (Fsp3) is 0.366. The lowest BCUT2D eigenvalue weighted by Gasteiger charge is -2.35. The molecule has 1 fully saturated rings. The van der Waals surface area contributed by atoms with E-state index in [4.69, 9.17) is 0 Å². The quantitative estimate of drug-likeness (QED) is 0.157. The minimum absolute atomic E-state index is 0.0489. The molecule has 0 heterocycles. The maximum Gasteiger partial charge on any atom is 0.264 e. The molecule has 1 saturated carbocycles. The molecule has 5 rings (SSSR count). The van der Waals surface area contributed by atoms with E-state index >= 15 is 0 Å². The summed E-state index contributed by atoms with van der Waals surface area (Å²) in [7, 11) is -4.16. The molecule has 7 nitrogen and oxygen atoms in total. The molecule has 8 heteroatoms. The van der Waals surface area contributed by atoms with Crippen LogP contribution in [0.1, 0.15) is 79.7 Å². The van der Waals surface area contributed by atoms with Crippen molar-refractivity contribution in [3.63, 3.8) is 0 Å². The van der Waals surface area contributed by atoms with Crippen LogP contribution in [0.3, 0.4) is 0 Å². The number of benzene rings is 4. The summed E-state index contributed by atoms with van der Waals surface area (Å²) in [6.07, 6.45) is 5.38. The van der Waals surface area contributed by atoms with Gasteiger partial charge >= 0.3 is 0 Å². The van der Waals surface area contributed by atoms with Crippen LogP contribution in [-0.2, 0) is 32.6 Å². The van der Waals surface area contributed by atoms with Crippen LogP contribution in [0.2, 0.25) is 0 Å². The first-order valence-corrected chi connectivity index (χ1v) is 18.8. The Morgan fingerprint density at radius 2 is 1.43 bits per heavy atom. The molecule has 4 aromatic carbocycles. The monoisotopic (exact) mass is 679 g/mol. The Morgan fingerprint density at radius 1 is 0.796 bits per heavy atom. The number of aryl methyl sites for hydroxylation is 2. The van der Waals surface area contributed by atoms with E-state index in [0.717, 1.165) is 59.9 Å². The Morgan fingerprint density at radius 3 is 2.06 bits per heavy atom. The highest BCUT2D eigenvalue weighted by Crippen LogP contribution is 2.28. The second-order valence-corrected chi connectivity index (χ2v) is 15.4. The minimum atomic E-state index is -4.16. The molecule has 0 bridgehead atoms. The summed E-state index contributed by atoms with van der Waals surface area (Å²) in [5.74, 6) is -0.414. The highest BCUT2D eigenvalue weighted by Gasteiger charge is 2.35. The normalized spacial score (nSPS) is 14.3. The van der Waals surface area contributed by atoms with Gasteiger partial charge in [-0.25, -0.2) is 8.42 Å². The van der Waals surface area contributed by atoms with E-state index < -0.39 is 28.5 Å². The molecular weight excluding hydrogens is 631 g/mol. The lowest BCUT2D eigenvalue weighted by atomic mass is 9.94. The van der Waals surface area contributed by atoms with E-state index in [0.29, 0.717) is 12.1 Å². The summed E-state index contributed by atoms with van der Waals surface area (Å²) < 4.78 is 29.9. The Kier molecular flexibility index (Phi) is 11.9. The van der Waals surface area contributed by atoms with Gasteiger partial charge in [-0.3, -0.25) is 13.9 Å². The standard InChI is InChI=1S/C41H49N3O4S/c1-30(2)34-21-23-37(24-22-34)44(49(47,48)38-25-19-31(3)20-26-38)29-40(45)43(28-35-16-12-11-13-32(35)4)39(27-33-14-7-5-8-15-33)41(46)42-36-17-9-6-10-18-36/h5,7-8,11-16,19-26,30,36,39H,6,9-10,17-18,27-29H2,1-4H3,(H,42,46). The average molecular weight is 680 g/mol. The predicted octanol–water partition coefficient (Wildman–Crippen LogP) is 7.71. The SMILES string of the molecule is Cc1ccc(S(=O)(=O)N(CC(=O)N(Cc2ccccc2C)C(Cc2ccccc2)C(=O)NC2CCCCC2)c2ccc(C(C)C)cc2)cc1. The van der Waals surface area contributed by atoms with Gasteiger partial charge in [0.25, 0.3) is 10.0 Å². The lowest BCUT2D eigenvalue weighted by molar-refractivity contribution is -0.140. The Bertz CT molecular complexity index is 1800. The molecule has 0 aliphatic heterocycles. The maximum absolute atomic E-state index is 14.8. The van der Waals surface area contributed by atoms with Gasteiger partial charge in [-0.15, -0.1) is 0 Å². The molecule has 1 aliphatic carbocycles. The number of nitrogens with zero attached hydrogens (tertiary/aromatic N) is 2. The van der Waals surface area contributed by atoms with E-state index in [1.807, 2.05) is 80.6 Å². The van der Waals surface area contributed by atoms with E-state index in [1.54, 1.807) is 41.3 Å². The number of anilines is 1. The summed E-state index contributed by atoms with van der Waals surface area (Å²) in [6.45, 7) is 7.73. The largest absolute Gasteiger partial charge is 0.352 e. The molecular formula is C41H49N3O4S. The van der Waals surface area contributed by atoms with Crippen molar-refractivity contribution in [2.24, 2.45) is 0 Å². The minimum Gasteiger partial charge on any atom is -0.352 e. The second-order valence-electron chi connectivity index (χ2n) is 13.6. The number of hydrogen-bond acceptors (Lipinski definition) is 4. The highest BCUT2D eigenvalue weighted by atomic mass is 32.2. The molecule has 1 unspecified atom stereocenters. The number of carbonyl (C=O) groups is 2. The zero-order valence-electron chi connectivity index (χ0n) is 29.1. The molecule has 258 valence electrons. The number of carbonyl (C=O) groups excluding carboxylic acids is 2. The third-order valence-electron chi connectivity index (χ3n) is 9.56. The van der Waals surface area contributed by atoms with E-state index in [1.165, 1.54) is 4.31 Å². The number of amides is 2. The average Bonchev–Trinajstić information content (AvgIpc) is 3.10. The van der Waals surface area contributed by atoms with Crippen LogP contribution in [0.4, 0.5) is 5.69 Å². The van der Waals surface area contributed by atoms with Crippen molar-refractivity contribution in [3.05, 3.63) is 131 Å². The number of nitrogens with one attached hydrogen (secondary N) is 1. The van der Waals surface area contributed by atoms with E-state index in [-0.39, 0.29) is 29.3 Å². The topological polar surface area (TPSA) is 86.8 Å². The van der Waals surface area contributed by atoms with Crippen molar-refractivity contribution in [1.82, 2.24) is 10.2 Å². The van der Waals surface area contributed by atoms with Crippen molar-refractivity contribution >= 4 is 27.5 Å². The first-order chi connectivity index (χ1) is 23.5. The molecule has 2 amide bonds. The zero-order chi connectivity index (χ0) is 35.0. The van der Waals surface area contributed by atoms with Crippen molar-refractivity contribution in [3.8, 4) is 0 Å². The van der Waals surface area contributed by atoms with Crippen LogP contribution >= 0.6 is 0 Å². The van der Waals surface area contributed by atoms with Crippen molar-refractivity contribution in [1.29, 1.82) is 0 Å². The van der Waals surface area contributed by atoms with Gasteiger partial charge in [0.15, 0.2) is 0 Å². The summed E-state index contributed by atoms with van der Waals surface area (Å²) in [6, 6.07) is 30.7. The summed E-state index contributed by atoms with van der Waals surface area (Å²) in [5, 5.41) is 3.27. The summed E-state index contributed by atoms with van der Waals surface area (Å²) in [5.41, 5.74) is 5.18. The molecule has 49 heavy (non-hydrogen) atoms. The lowest BCUT2D eigenvalue weighted by Crippen LogP contribution is -2.55. The molecule has 1 N–H and O–H groups in total. The first kappa shape index (κ1) is 35.9. The van der Waals surface area contributed by atoms with Crippen LogP contribution in [0.5, 0.6) is 0 Å². The van der Waals surface area contributed by atoms with Gasteiger partial charge in [0.2, 0.25) is 11.8 Å². The predicted molar refractivity (Wildman–Crippen MR) is 197 cm³/mol. The molecule has 0 radical (unpaired) electrons. The van der Waals surface area contributed by atoms with Crippen molar-refractivity contribution in [2.75, 3.05) is 10.8 Å². The zero-order valence-corrected chi connectivity index (χ0v) is 30.0.